The van der Waals surface area contributed by atoms with E-state index in [4.69, 9.17) is 9.72 Å². The van der Waals surface area contributed by atoms with Crippen molar-refractivity contribution in [2.45, 2.75) is 58.3 Å². The van der Waals surface area contributed by atoms with E-state index in [-0.39, 0.29) is 5.92 Å². The molecule has 0 saturated heterocycles. The summed E-state index contributed by atoms with van der Waals surface area (Å²) >= 11 is 0. The first-order chi connectivity index (χ1) is 16.6. The van der Waals surface area contributed by atoms with Gasteiger partial charge in [0.1, 0.15) is 5.82 Å². The van der Waals surface area contributed by atoms with E-state index in [0.29, 0.717) is 19.6 Å². The lowest BCUT2D eigenvalue weighted by Crippen LogP contribution is -2.33. The number of nitrogens with one attached hydrogen (secondary N) is 1. The molecule has 2 heterocycles. The van der Waals surface area contributed by atoms with Crippen molar-refractivity contribution in [1.29, 1.82) is 0 Å². The fraction of sp³-hybridized carbons (Fsp3) is 0.571. The lowest BCUT2D eigenvalue weighted by molar-refractivity contribution is -0.142. The van der Waals surface area contributed by atoms with Gasteiger partial charge in [0.25, 0.3) is 0 Å². The highest BCUT2D eigenvalue weighted by Gasteiger charge is 2.26. The molecule has 2 unspecified atom stereocenters. The molecule has 1 aromatic heterocycles. The second-order valence-corrected chi connectivity index (χ2v) is 9.27. The zero-order valence-corrected chi connectivity index (χ0v) is 20.8. The number of benzene rings is 1. The first-order valence-electron chi connectivity index (χ1n) is 12.9. The van der Waals surface area contributed by atoms with Crippen molar-refractivity contribution in [3.05, 3.63) is 59.3 Å². The fourth-order valence-electron chi connectivity index (χ4n) is 4.72. The van der Waals surface area contributed by atoms with E-state index in [1.807, 2.05) is 44.2 Å². The van der Waals surface area contributed by atoms with Gasteiger partial charge in [0.2, 0.25) is 0 Å². The van der Waals surface area contributed by atoms with E-state index in [1.165, 1.54) is 12.0 Å². The SMILES string of the molecule is CCOCCN(CCCCc1ccc2c(n1)NCCC2)CCC(C(=O)O)C(C)c1ccccc1. The predicted molar refractivity (Wildman–Crippen MR) is 138 cm³/mol. The summed E-state index contributed by atoms with van der Waals surface area (Å²) < 4.78 is 5.59. The van der Waals surface area contributed by atoms with Crippen LogP contribution in [0.25, 0.3) is 0 Å². The number of anilines is 1. The molecule has 6 heteroatoms. The number of hydrogen-bond donors (Lipinski definition) is 2. The lowest BCUT2D eigenvalue weighted by atomic mass is 9.85. The predicted octanol–water partition coefficient (Wildman–Crippen LogP) is 5.00. The molecular weight excluding hydrogens is 426 g/mol. The Bertz CT molecular complexity index is 874. The van der Waals surface area contributed by atoms with Gasteiger partial charge in [-0.1, -0.05) is 43.3 Å². The molecule has 186 valence electrons. The molecule has 0 bridgehead atoms. The molecule has 0 amide bonds. The number of carboxylic acids is 1. The van der Waals surface area contributed by atoms with Gasteiger partial charge in [0, 0.05) is 25.4 Å². The Balaban J connectivity index is 1.50. The molecule has 0 fully saturated rings. The van der Waals surface area contributed by atoms with Crippen molar-refractivity contribution >= 4 is 11.8 Å². The Kier molecular flexibility index (Phi) is 10.8. The molecule has 3 rings (SSSR count). The summed E-state index contributed by atoms with van der Waals surface area (Å²) in [6, 6.07) is 14.4. The zero-order valence-electron chi connectivity index (χ0n) is 20.8. The number of aliphatic carboxylic acids is 1. The quantitative estimate of drug-likeness (QED) is 0.359. The number of ether oxygens (including phenoxy) is 1. The maximum Gasteiger partial charge on any atom is 0.307 e. The van der Waals surface area contributed by atoms with Crippen LogP contribution < -0.4 is 5.32 Å². The largest absolute Gasteiger partial charge is 0.481 e. The third-order valence-electron chi connectivity index (χ3n) is 6.87. The second-order valence-electron chi connectivity index (χ2n) is 9.27. The molecule has 2 aromatic rings. The van der Waals surface area contributed by atoms with Crippen LogP contribution in [0.3, 0.4) is 0 Å². The topological polar surface area (TPSA) is 74.7 Å². The number of nitrogens with zero attached hydrogens (tertiary/aromatic N) is 2. The average Bonchev–Trinajstić information content (AvgIpc) is 2.86. The van der Waals surface area contributed by atoms with Crippen LogP contribution in [0.5, 0.6) is 0 Å². The number of pyridine rings is 1. The van der Waals surface area contributed by atoms with Gasteiger partial charge in [-0.05, 0) is 81.6 Å². The van der Waals surface area contributed by atoms with Crippen molar-refractivity contribution in [2.75, 3.05) is 44.7 Å². The van der Waals surface area contributed by atoms with E-state index < -0.39 is 11.9 Å². The molecule has 0 aliphatic carbocycles. The van der Waals surface area contributed by atoms with Crippen LogP contribution in [0.2, 0.25) is 0 Å². The van der Waals surface area contributed by atoms with Crippen molar-refractivity contribution in [1.82, 2.24) is 9.88 Å². The highest BCUT2D eigenvalue weighted by Crippen LogP contribution is 2.27. The molecule has 0 saturated carbocycles. The number of carboxylic acid groups (broad SMARTS) is 1. The number of unbranched alkanes of at least 4 members (excludes halogenated alkanes) is 1. The molecular formula is C28H41N3O3. The van der Waals surface area contributed by atoms with Crippen LogP contribution in [0.4, 0.5) is 5.82 Å². The fourth-order valence-corrected chi connectivity index (χ4v) is 4.72. The van der Waals surface area contributed by atoms with Crippen LogP contribution >= 0.6 is 0 Å². The number of carbonyl (C=O) groups is 1. The standard InChI is InChI=1S/C28H41N3O3/c1-3-34-21-20-31(19-16-26(28(32)33)22(2)23-10-5-4-6-11-23)18-8-7-13-25-15-14-24-12-9-17-29-27(24)30-25/h4-6,10-11,14-15,22,26H,3,7-9,12-13,16-21H2,1-2H3,(H,29,30)(H,32,33). The summed E-state index contributed by atoms with van der Waals surface area (Å²) in [5.41, 5.74) is 3.56. The monoisotopic (exact) mass is 467 g/mol. The molecule has 0 spiro atoms. The minimum Gasteiger partial charge on any atom is -0.481 e. The molecule has 1 aliphatic heterocycles. The minimum atomic E-state index is -0.715. The number of hydrogen-bond acceptors (Lipinski definition) is 5. The lowest BCUT2D eigenvalue weighted by Gasteiger charge is -2.26. The van der Waals surface area contributed by atoms with Crippen molar-refractivity contribution in [3.8, 4) is 0 Å². The summed E-state index contributed by atoms with van der Waals surface area (Å²) in [5.74, 6) is -0.0668. The Labute approximate surface area is 204 Å². The van der Waals surface area contributed by atoms with E-state index in [9.17, 15) is 9.90 Å². The van der Waals surface area contributed by atoms with E-state index in [0.717, 1.165) is 68.9 Å². The maximum atomic E-state index is 12.1. The molecule has 34 heavy (non-hydrogen) atoms. The Morgan fingerprint density at radius 3 is 2.74 bits per heavy atom. The summed E-state index contributed by atoms with van der Waals surface area (Å²) in [5, 5.41) is 13.3. The Morgan fingerprint density at radius 1 is 1.15 bits per heavy atom. The van der Waals surface area contributed by atoms with Crippen molar-refractivity contribution < 1.29 is 14.6 Å². The summed E-state index contributed by atoms with van der Waals surface area (Å²) in [6.45, 7) is 8.98. The Hall–Kier alpha value is -2.44. The number of aromatic nitrogens is 1. The average molecular weight is 468 g/mol. The molecule has 2 atom stereocenters. The summed E-state index contributed by atoms with van der Waals surface area (Å²) in [7, 11) is 0. The third kappa shape index (κ3) is 8.10. The van der Waals surface area contributed by atoms with Crippen LogP contribution in [-0.4, -0.2) is 60.4 Å². The number of fused-ring (bicyclic) bond motifs is 1. The summed E-state index contributed by atoms with van der Waals surface area (Å²) in [6.07, 6.45) is 6.03. The van der Waals surface area contributed by atoms with Gasteiger partial charge in [0.15, 0.2) is 0 Å². The molecule has 1 aromatic carbocycles. The van der Waals surface area contributed by atoms with Gasteiger partial charge < -0.3 is 20.1 Å². The van der Waals surface area contributed by atoms with Gasteiger partial charge in [-0.15, -0.1) is 0 Å². The number of aryl methyl sites for hydroxylation is 2. The van der Waals surface area contributed by atoms with E-state index in [1.54, 1.807) is 0 Å². The van der Waals surface area contributed by atoms with Crippen LogP contribution in [0.1, 0.15) is 62.3 Å². The second kappa shape index (κ2) is 14.1. The van der Waals surface area contributed by atoms with Crippen LogP contribution in [0, 0.1) is 5.92 Å². The highest BCUT2D eigenvalue weighted by atomic mass is 16.5. The highest BCUT2D eigenvalue weighted by molar-refractivity contribution is 5.71. The minimum absolute atomic E-state index is 0.0175. The molecule has 1 aliphatic rings. The maximum absolute atomic E-state index is 12.1. The van der Waals surface area contributed by atoms with Crippen molar-refractivity contribution in [3.63, 3.8) is 0 Å². The first kappa shape index (κ1) is 26.2. The van der Waals surface area contributed by atoms with Gasteiger partial charge in [-0.3, -0.25) is 4.79 Å². The van der Waals surface area contributed by atoms with Gasteiger partial charge >= 0.3 is 5.97 Å². The van der Waals surface area contributed by atoms with Gasteiger partial charge in [0.05, 0.1) is 12.5 Å². The van der Waals surface area contributed by atoms with Crippen LogP contribution in [0.15, 0.2) is 42.5 Å². The van der Waals surface area contributed by atoms with E-state index >= 15 is 0 Å². The molecule has 6 nitrogen and oxygen atoms in total. The third-order valence-corrected chi connectivity index (χ3v) is 6.87. The smallest absolute Gasteiger partial charge is 0.307 e. The number of rotatable bonds is 15. The summed E-state index contributed by atoms with van der Waals surface area (Å²) in [4.78, 5) is 19.2. The Morgan fingerprint density at radius 2 is 1.97 bits per heavy atom. The first-order valence-corrected chi connectivity index (χ1v) is 12.9. The zero-order chi connectivity index (χ0) is 24.2. The van der Waals surface area contributed by atoms with Gasteiger partial charge in [-0.25, -0.2) is 4.98 Å². The normalized spacial score (nSPS) is 14.9. The molecule has 2 N–H and O–H groups in total. The molecule has 0 radical (unpaired) electrons. The van der Waals surface area contributed by atoms with E-state index in [2.05, 4.69) is 22.3 Å². The van der Waals surface area contributed by atoms with Gasteiger partial charge in [-0.2, -0.15) is 0 Å². The van der Waals surface area contributed by atoms with Crippen molar-refractivity contribution in [2.24, 2.45) is 5.92 Å². The van der Waals surface area contributed by atoms with Crippen LogP contribution in [-0.2, 0) is 22.4 Å².